The molecule has 0 atom stereocenters. The van der Waals surface area contributed by atoms with Crippen molar-refractivity contribution < 1.29 is 29.0 Å². The van der Waals surface area contributed by atoms with Gasteiger partial charge >= 0.3 is 12.1 Å². The normalized spacial score (nSPS) is 10.9. The maximum Gasteiger partial charge on any atom is 0.410 e. The van der Waals surface area contributed by atoms with E-state index in [0.717, 1.165) is 16.8 Å². The van der Waals surface area contributed by atoms with Crippen molar-refractivity contribution in [2.45, 2.75) is 65.7 Å². The first-order chi connectivity index (χ1) is 16.3. The predicted octanol–water partition coefficient (Wildman–Crippen LogP) is 5.36. The van der Waals surface area contributed by atoms with E-state index in [1.54, 1.807) is 24.1 Å². The summed E-state index contributed by atoms with van der Waals surface area (Å²) in [4.78, 5) is 35.4. The number of anilines is 1. The van der Waals surface area contributed by atoms with E-state index in [0.29, 0.717) is 25.1 Å². The monoisotopic (exact) mass is 486 g/mol. The van der Waals surface area contributed by atoms with E-state index < -0.39 is 11.2 Å². The summed E-state index contributed by atoms with van der Waals surface area (Å²) in [6, 6.07) is 15.4. The Balaban J connectivity index is 0.00000194. The maximum absolute atomic E-state index is 12.9. The molecule has 0 aliphatic heterocycles. The van der Waals surface area contributed by atoms with Crippen molar-refractivity contribution in [2.75, 3.05) is 18.9 Å². The van der Waals surface area contributed by atoms with Crippen LogP contribution in [0.4, 0.5) is 10.5 Å². The molecule has 0 fully saturated rings. The highest BCUT2D eigenvalue weighted by Gasteiger charge is 2.24. The number of rotatable bonds is 7. The predicted molar refractivity (Wildman–Crippen MR) is 137 cm³/mol. The number of carbonyl (C=O) groups is 3. The van der Waals surface area contributed by atoms with Crippen molar-refractivity contribution in [1.29, 1.82) is 0 Å². The molecular formula is C27H38N2O6. The zero-order valence-electron chi connectivity index (χ0n) is 21.8. The third-order valence-electron chi connectivity index (χ3n) is 4.54. The van der Waals surface area contributed by atoms with Crippen LogP contribution in [-0.2, 0) is 27.2 Å². The standard InChI is InChI=1S/C26H36N2O4.CH2O2/c1-25(2,3)31-23(29)20-13-14-21(22(17-20)27-7)18-28(24(30)32-26(4,5)6)16-15-19-11-9-8-10-12-19;2-1-3/h8-14,17,27H,15-16,18H2,1-7H3;1H,(H,2,3). The molecule has 0 heterocycles. The Hall–Kier alpha value is -3.55. The highest BCUT2D eigenvalue weighted by atomic mass is 16.6. The maximum atomic E-state index is 12.9. The lowest BCUT2D eigenvalue weighted by Gasteiger charge is -2.28. The van der Waals surface area contributed by atoms with E-state index in [4.69, 9.17) is 19.4 Å². The fraction of sp³-hybridized carbons (Fsp3) is 0.444. The summed E-state index contributed by atoms with van der Waals surface area (Å²) in [5, 5.41) is 10.0. The molecule has 0 aliphatic carbocycles. The molecule has 2 aromatic rings. The molecule has 0 saturated heterocycles. The number of hydrogen-bond donors (Lipinski definition) is 2. The molecule has 0 bridgehead atoms. The molecule has 8 heteroatoms. The molecule has 2 rings (SSSR count). The number of nitrogens with zero attached hydrogens (tertiary/aromatic N) is 1. The van der Waals surface area contributed by atoms with Gasteiger partial charge < -0.3 is 24.8 Å². The van der Waals surface area contributed by atoms with Crippen LogP contribution in [0.15, 0.2) is 48.5 Å². The Bertz CT molecular complexity index is 962. The summed E-state index contributed by atoms with van der Waals surface area (Å²) >= 11 is 0. The lowest BCUT2D eigenvalue weighted by Crippen LogP contribution is -2.37. The number of nitrogens with one attached hydrogen (secondary N) is 1. The molecule has 2 N–H and O–H groups in total. The molecule has 1 amide bonds. The van der Waals surface area contributed by atoms with Crippen LogP contribution in [0.1, 0.15) is 63.0 Å². The minimum absolute atomic E-state index is 0.250. The van der Waals surface area contributed by atoms with Gasteiger partial charge in [0.2, 0.25) is 0 Å². The van der Waals surface area contributed by atoms with Gasteiger partial charge in [0.05, 0.1) is 12.1 Å². The van der Waals surface area contributed by atoms with Crippen LogP contribution in [-0.4, -0.2) is 53.3 Å². The zero-order valence-corrected chi connectivity index (χ0v) is 21.8. The van der Waals surface area contributed by atoms with E-state index in [1.807, 2.05) is 77.9 Å². The number of carboxylic acid groups (broad SMARTS) is 1. The molecular weight excluding hydrogens is 448 g/mol. The summed E-state index contributed by atoms with van der Waals surface area (Å²) in [6.07, 6.45) is 0.344. The minimum Gasteiger partial charge on any atom is -0.483 e. The SMILES string of the molecule is CNc1cc(C(=O)OC(C)(C)C)ccc1CN(CCc1ccccc1)C(=O)OC(C)(C)C.O=CO. The Labute approximate surface area is 208 Å². The Morgan fingerprint density at radius 1 is 0.971 bits per heavy atom. The first-order valence-corrected chi connectivity index (χ1v) is 11.4. The van der Waals surface area contributed by atoms with Crippen molar-refractivity contribution in [3.8, 4) is 0 Å². The highest BCUT2D eigenvalue weighted by molar-refractivity contribution is 5.91. The van der Waals surface area contributed by atoms with Crippen LogP contribution in [0.3, 0.4) is 0 Å². The van der Waals surface area contributed by atoms with Crippen LogP contribution >= 0.6 is 0 Å². The second kappa shape index (κ2) is 13.4. The summed E-state index contributed by atoms with van der Waals surface area (Å²) < 4.78 is 11.1. The second-order valence-electron chi connectivity index (χ2n) is 9.87. The molecule has 2 aromatic carbocycles. The van der Waals surface area contributed by atoms with Gasteiger partial charge in [0.15, 0.2) is 0 Å². The number of esters is 1. The lowest BCUT2D eigenvalue weighted by atomic mass is 10.1. The van der Waals surface area contributed by atoms with Gasteiger partial charge in [-0.25, -0.2) is 9.59 Å². The van der Waals surface area contributed by atoms with E-state index >= 15 is 0 Å². The Morgan fingerprint density at radius 2 is 1.54 bits per heavy atom. The van der Waals surface area contributed by atoms with Crippen molar-refractivity contribution in [1.82, 2.24) is 4.90 Å². The fourth-order valence-corrected chi connectivity index (χ4v) is 3.09. The van der Waals surface area contributed by atoms with Crippen molar-refractivity contribution in [3.63, 3.8) is 0 Å². The van der Waals surface area contributed by atoms with E-state index in [-0.39, 0.29) is 18.5 Å². The zero-order chi connectivity index (χ0) is 26.6. The Morgan fingerprint density at radius 3 is 2.06 bits per heavy atom. The molecule has 0 unspecified atom stereocenters. The summed E-state index contributed by atoms with van der Waals surface area (Å²) in [6.45, 7) is 11.7. The van der Waals surface area contributed by atoms with Gasteiger partial charge in [-0.15, -0.1) is 0 Å². The molecule has 8 nitrogen and oxygen atoms in total. The number of amides is 1. The number of carbonyl (C=O) groups excluding carboxylic acids is 2. The summed E-state index contributed by atoms with van der Waals surface area (Å²) in [7, 11) is 1.79. The van der Waals surface area contributed by atoms with E-state index in [1.165, 1.54) is 0 Å². The van der Waals surface area contributed by atoms with E-state index in [2.05, 4.69) is 5.32 Å². The van der Waals surface area contributed by atoms with Crippen molar-refractivity contribution in [3.05, 3.63) is 65.2 Å². The third kappa shape index (κ3) is 11.4. The molecule has 0 aliphatic rings. The third-order valence-corrected chi connectivity index (χ3v) is 4.54. The topological polar surface area (TPSA) is 105 Å². The molecule has 35 heavy (non-hydrogen) atoms. The fourth-order valence-electron chi connectivity index (χ4n) is 3.09. The number of hydrogen-bond acceptors (Lipinski definition) is 6. The second-order valence-corrected chi connectivity index (χ2v) is 9.87. The van der Waals surface area contributed by atoms with Crippen molar-refractivity contribution in [2.24, 2.45) is 0 Å². The van der Waals surface area contributed by atoms with E-state index in [9.17, 15) is 9.59 Å². The van der Waals surface area contributed by atoms with Crippen LogP contribution in [0, 0.1) is 0 Å². The van der Waals surface area contributed by atoms with Crippen LogP contribution in [0.2, 0.25) is 0 Å². The van der Waals surface area contributed by atoms with Gasteiger partial charge in [0.25, 0.3) is 6.47 Å². The van der Waals surface area contributed by atoms with Crippen LogP contribution < -0.4 is 5.32 Å². The average Bonchev–Trinajstić information content (AvgIpc) is 2.75. The number of benzene rings is 2. The largest absolute Gasteiger partial charge is 0.483 e. The van der Waals surface area contributed by atoms with Crippen LogP contribution in [0.5, 0.6) is 0 Å². The average molecular weight is 487 g/mol. The summed E-state index contributed by atoms with van der Waals surface area (Å²) in [5.74, 6) is -0.381. The molecule has 192 valence electrons. The quantitative estimate of drug-likeness (QED) is 0.401. The van der Waals surface area contributed by atoms with Crippen LogP contribution in [0.25, 0.3) is 0 Å². The highest BCUT2D eigenvalue weighted by Crippen LogP contribution is 2.23. The molecule has 0 saturated carbocycles. The summed E-state index contributed by atoms with van der Waals surface area (Å²) in [5.41, 5.74) is 2.10. The van der Waals surface area contributed by atoms with Gasteiger partial charge in [0.1, 0.15) is 11.2 Å². The minimum atomic E-state index is -0.589. The lowest BCUT2D eigenvalue weighted by molar-refractivity contribution is -0.122. The van der Waals surface area contributed by atoms with Crippen molar-refractivity contribution >= 4 is 24.2 Å². The first-order valence-electron chi connectivity index (χ1n) is 11.4. The smallest absolute Gasteiger partial charge is 0.410 e. The van der Waals surface area contributed by atoms with Gasteiger partial charge in [-0.2, -0.15) is 0 Å². The van der Waals surface area contributed by atoms with Gasteiger partial charge in [0, 0.05) is 19.3 Å². The Kier molecular flexibility index (Phi) is 11.3. The molecule has 0 spiro atoms. The molecule has 0 radical (unpaired) electrons. The number of ether oxygens (including phenoxy) is 2. The van der Waals surface area contributed by atoms with Gasteiger partial charge in [-0.3, -0.25) is 4.79 Å². The van der Waals surface area contributed by atoms with Gasteiger partial charge in [-0.05, 0) is 71.2 Å². The molecule has 0 aromatic heterocycles. The first kappa shape index (κ1) is 29.5. The van der Waals surface area contributed by atoms with Gasteiger partial charge in [-0.1, -0.05) is 36.4 Å².